The molecule has 0 heterocycles. The quantitative estimate of drug-likeness (QED) is 0.680. The van der Waals surface area contributed by atoms with E-state index < -0.39 is 5.97 Å². The summed E-state index contributed by atoms with van der Waals surface area (Å²) < 4.78 is 0. The second kappa shape index (κ2) is 7.04. The fourth-order valence-electron chi connectivity index (χ4n) is 8.76. The van der Waals surface area contributed by atoms with E-state index in [1.165, 1.54) is 44.9 Å². The Morgan fingerprint density at radius 2 is 1.70 bits per heavy atom. The minimum atomic E-state index is -0.643. The molecule has 0 amide bonds. The third-order valence-electron chi connectivity index (χ3n) is 10.2. The Kier molecular flexibility index (Phi) is 5.15. The van der Waals surface area contributed by atoms with Crippen LogP contribution in [0.4, 0.5) is 0 Å². The number of aliphatic hydroxyl groups is 1. The van der Waals surface area contributed by atoms with Crippen molar-refractivity contribution in [3.63, 3.8) is 0 Å². The second-order valence-corrected chi connectivity index (χ2v) is 11.2. The maximum atomic E-state index is 11.0. The number of carbonyl (C=O) groups is 1. The molecule has 4 rings (SSSR count). The van der Waals surface area contributed by atoms with Crippen LogP contribution in [0.3, 0.4) is 0 Å². The Hall–Kier alpha value is -0.570. The Bertz CT molecular complexity index is 574. The van der Waals surface area contributed by atoms with E-state index >= 15 is 0 Å². The summed E-state index contributed by atoms with van der Waals surface area (Å²) in [7, 11) is 0. The number of carboxylic acid groups (broad SMARTS) is 1. The van der Waals surface area contributed by atoms with Gasteiger partial charge in [-0.25, -0.2) is 0 Å². The largest absolute Gasteiger partial charge is 0.481 e. The molecule has 5 unspecified atom stereocenters. The van der Waals surface area contributed by atoms with Crippen LogP contribution in [0, 0.1) is 46.3 Å². The molecular formula is C24H40O3. The molecule has 0 saturated heterocycles. The molecule has 4 saturated carbocycles. The van der Waals surface area contributed by atoms with Crippen molar-refractivity contribution in [1.29, 1.82) is 0 Å². The zero-order chi connectivity index (χ0) is 19.4. The molecule has 0 aromatic carbocycles. The smallest absolute Gasteiger partial charge is 0.303 e. The van der Waals surface area contributed by atoms with Crippen molar-refractivity contribution >= 4 is 5.97 Å². The number of hydrogen-bond donors (Lipinski definition) is 2. The van der Waals surface area contributed by atoms with Crippen LogP contribution in [0.25, 0.3) is 0 Å². The molecule has 4 aliphatic rings. The van der Waals surface area contributed by atoms with Gasteiger partial charge in [0.15, 0.2) is 0 Å². The number of fused-ring (bicyclic) bond motifs is 5. The fourth-order valence-corrected chi connectivity index (χ4v) is 8.76. The topological polar surface area (TPSA) is 57.5 Å². The van der Waals surface area contributed by atoms with E-state index in [1.54, 1.807) is 0 Å². The van der Waals surface area contributed by atoms with Crippen LogP contribution < -0.4 is 0 Å². The van der Waals surface area contributed by atoms with Crippen LogP contribution in [0.5, 0.6) is 0 Å². The average molecular weight is 377 g/mol. The monoisotopic (exact) mass is 376 g/mol. The van der Waals surface area contributed by atoms with Gasteiger partial charge in [0.1, 0.15) is 0 Å². The summed E-state index contributed by atoms with van der Waals surface area (Å²) in [5, 5.41) is 19.3. The van der Waals surface area contributed by atoms with E-state index in [-0.39, 0.29) is 6.10 Å². The van der Waals surface area contributed by atoms with Crippen molar-refractivity contribution in [2.24, 2.45) is 46.3 Å². The summed E-state index contributed by atoms with van der Waals surface area (Å²) in [5.74, 6) is 3.91. The molecule has 3 heteroatoms. The highest BCUT2D eigenvalue weighted by molar-refractivity contribution is 5.66. The van der Waals surface area contributed by atoms with Crippen molar-refractivity contribution in [2.75, 3.05) is 0 Å². The lowest BCUT2D eigenvalue weighted by molar-refractivity contribution is -0.138. The van der Waals surface area contributed by atoms with Gasteiger partial charge in [0.2, 0.25) is 0 Å². The molecule has 27 heavy (non-hydrogen) atoms. The highest BCUT2D eigenvalue weighted by atomic mass is 16.4. The second-order valence-electron chi connectivity index (χ2n) is 11.2. The van der Waals surface area contributed by atoms with Crippen molar-refractivity contribution in [3.05, 3.63) is 0 Å². The van der Waals surface area contributed by atoms with Gasteiger partial charge in [-0.1, -0.05) is 20.8 Å². The van der Waals surface area contributed by atoms with E-state index in [0.29, 0.717) is 29.1 Å². The fraction of sp³-hybridized carbons (Fsp3) is 0.958. The Labute approximate surface area is 165 Å². The molecule has 0 aromatic heterocycles. The van der Waals surface area contributed by atoms with E-state index in [2.05, 4.69) is 20.8 Å². The number of aliphatic hydroxyl groups excluding tert-OH is 1. The van der Waals surface area contributed by atoms with Crippen LogP contribution in [0.2, 0.25) is 0 Å². The molecule has 0 spiro atoms. The highest BCUT2D eigenvalue weighted by Gasteiger charge is 2.60. The van der Waals surface area contributed by atoms with E-state index in [1.807, 2.05) is 0 Å². The molecule has 0 aliphatic heterocycles. The summed E-state index contributed by atoms with van der Waals surface area (Å²) in [6, 6.07) is 0. The maximum Gasteiger partial charge on any atom is 0.303 e. The summed E-state index contributed by atoms with van der Waals surface area (Å²) >= 11 is 0. The predicted octanol–water partition coefficient (Wildman–Crippen LogP) is 5.51. The minimum Gasteiger partial charge on any atom is -0.481 e. The van der Waals surface area contributed by atoms with E-state index in [9.17, 15) is 9.90 Å². The molecule has 0 radical (unpaired) electrons. The minimum absolute atomic E-state index is 0.0561. The van der Waals surface area contributed by atoms with E-state index in [4.69, 9.17) is 5.11 Å². The summed E-state index contributed by atoms with van der Waals surface area (Å²) in [5.41, 5.74) is 0.882. The summed E-state index contributed by atoms with van der Waals surface area (Å²) in [6.07, 6.45) is 12.4. The van der Waals surface area contributed by atoms with E-state index in [0.717, 1.165) is 42.9 Å². The SMILES string of the molecule is C[C@H](CCC(=O)O)C1CC[C@H]2C3CCC4C[C@H](O)CCC4(C)[C@H]3CCC12C. The highest BCUT2D eigenvalue weighted by Crippen LogP contribution is 2.68. The van der Waals surface area contributed by atoms with Crippen LogP contribution in [-0.2, 0) is 4.79 Å². The Balaban J connectivity index is 1.51. The first kappa shape index (κ1) is 19.7. The van der Waals surface area contributed by atoms with Crippen molar-refractivity contribution in [2.45, 2.75) is 97.5 Å². The Morgan fingerprint density at radius 3 is 2.44 bits per heavy atom. The number of carboxylic acids is 1. The Morgan fingerprint density at radius 1 is 1.00 bits per heavy atom. The number of rotatable bonds is 4. The first-order chi connectivity index (χ1) is 12.8. The molecule has 0 aromatic rings. The van der Waals surface area contributed by atoms with Crippen LogP contribution in [0.1, 0.15) is 91.4 Å². The number of hydrogen-bond acceptors (Lipinski definition) is 2. The average Bonchev–Trinajstić information content (AvgIpc) is 2.97. The zero-order valence-electron chi connectivity index (χ0n) is 17.6. The molecule has 9 atom stereocenters. The molecule has 4 aliphatic carbocycles. The lowest BCUT2D eigenvalue weighted by atomic mass is 9.44. The normalized spacial score (nSPS) is 50.4. The third-order valence-corrected chi connectivity index (χ3v) is 10.2. The van der Waals surface area contributed by atoms with Gasteiger partial charge in [0.05, 0.1) is 6.10 Å². The van der Waals surface area contributed by atoms with Gasteiger partial charge in [0.25, 0.3) is 0 Å². The molecule has 3 nitrogen and oxygen atoms in total. The van der Waals surface area contributed by atoms with Gasteiger partial charge >= 0.3 is 5.97 Å². The van der Waals surface area contributed by atoms with Gasteiger partial charge in [-0.2, -0.15) is 0 Å². The predicted molar refractivity (Wildman–Crippen MR) is 107 cm³/mol. The first-order valence-corrected chi connectivity index (χ1v) is 11.7. The lowest BCUT2D eigenvalue weighted by Gasteiger charge is -2.61. The number of aliphatic carboxylic acids is 1. The van der Waals surface area contributed by atoms with Crippen LogP contribution >= 0.6 is 0 Å². The van der Waals surface area contributed by atoms with Crippen molar-refractivity contribution in [3.8, 4) is 0 Å². The van der Waals surface area contributed by atoms with Gasteiger partial charge in [-0.3, -0.25) is 4.79 Å². The molecule has 154 valence electrons. The molecule has 0 bridgehead atoms. The maximum absolute atomic E-state index is 11.0. The zero-order valence-corrected chi connectivity index (χ0v) is 17.6. The summed E-state index contributed by atoms with van der Waals surface area (Å²) in [6.45, 7) is 7.43. The third kappa shape index (κ3) is 3.16. The lowest BCUT2D eigenvalue weighted by Crippen LogP contribution is -2.54. The van der Waals surface area contributed by atoms with Gasteiger partial charge < -0.3 is 10.2 Å². The van der Waals surface area contributed by atoms with Gasteiger partial charge in [0, 0.05) is 6.42 Å². The van der Waals surface area contributed by atoms with Crippen LogP contribution in [0.15, 0.2) is 0 Å². The molecule has 4 fully saturated rings. The summed E-state index contributed by atoms with van der Waals surface area (Å²) in [4.78, 5) is 11.0. The molecule has 2 N–H and O–H groups in total. The van der Waals surface area contributed by atoms with Crippen LogP contribution in [-0.4, -0.2) is 22.3 Å². The van der Waals surface area contributed by atoms with Crippen molar-refractivity contribution in [1.82, 2.24) is 0 Å². The van der Waals surface area contributed by atoms with Gasteiger partial charge in [-0.05, 0) is 111 Å². The van der Waals surface area contributed by atoms with Crippen molar-refractivity contribution < 1.29 is 15.0 Å². The standard InChI is InChI=1S/C24H40O3/c1-15(4-9-22(26)27)19-7-8-20-18-6-5-16-14-17(25)10-12-23(16,2)21(18)11-13-24(19,20)3/h15-21,25H,4-14H2,1-3H3,(H,26,27)/t15-,16?,17-,18?,19?,20+,21+,23?,24?/m1/s1. The van der Waals surface area contributed by atoms with Gasteiger partial charge in [-0.15, -0.1) is 0 Å². The molecular weight excluding hydrogens is 336 g/mol. The first-order valence-electron chi connectivity index (χ1n) is 11.7.